The van der Waals surface area contributed by atoms with Crippen LogP contribution >= 0.6 is 0 Å². The highest BCUT2D eigenvalue weighted by Gasteiger charge is 2.24. The summed E-state index contributed by atoms with van der Waals surface area (Å²) in [5.41, 5.74) is 1.01. The molecule has 1 rings (SSSR count). The van der Waals surface area contributed by atoms with Crippen LogP contribution in [-0.2, 0) is 9.53 Å². The second-order valence-corrected chi connectivity index (χ2v) is 3.66. The Hall–Kier alpha value is -1.62. The highest BCUT2D eigenvalue weighted by atomic mass is 19.1. The fraction of sp³-hybridized carbons (Fsp3) is 0.417. The van der Waals surface area contributed by atoms with Gasteiger partial charge in [0.15, 0.2) is 6.10 Å². The maximum Gasteiger partial charge on any atom is 0.339 e. The van der Waals surface area contributed by atoms with Crippen molar-refractivity contribution in [3.05, 3.63) is 28.6 Å². The molecule has 1 aromatic carbocycles. The van der Waals surface area contributed by atoms with Crippen molar-refractivity contribution in [3.8, 4) is 5.75 Å². The highest BCUT2D eigenvalue weighted by Crippen LogP contribution is 2.32. The van der Waals surface area contributed by atoms with Gasteiger partial charge in [-0.1, -0.05) is 0 Å². The zero-order valence-electron chi connectivity index (χ0n) is 10.2. The molecule has 1 N–H and O–H groups in total. The van der Waals surface area contributed by atoms with Gasteiger partial charge in [-0.15, -0.1) is 0 Å². The zero-order chi connectivity index (χ0) is 13.2. The maximum atomic E-state index is 13.6. The molecule has 0 radical (unpaired) electrons. The van der Waals surface area contributed by atoms with Gasteiger partial charge in [0.2, 0.25) is 0 Å². The number of rotatable bonds is 3. The molecule has 0 fully saturated rings. The minimum Gasteiger partial charge on any atom is -0.496 e. The number of methoxy groups -OCH3 is 2. The first-order valence-electron chi connectivity index (χ1n) is 5.03. The van der Waals surface area contributed by atoms with Crippen molar-refractivity contribution in [2.24, 2.45) is 0 Å². The molecule has 0 saturated carbocycles. The molecule has 0 heterocycles. The first-order chi connectivity index (χ1) is 7.93. The van der Waals surface area contributed by atoms with Crippen LogP contribution < -0.4 is 4.74 Å². The number of aliphatic hydroxyl groups excluding tert-OH is 1. The Morgan fingerprint density at radius 2 is 1.94 bits per heavy atom. The first kappa shape index (κ1) is 13.4. The monoisotopic (exact) mass is 242 g/mol. The van der Waals surface area contributed by atoms with E-state index in [4.69, 9.17) is 4.74 Å². The second-order valence-electron chi connectivity index (χ2n) is 3.66. The normalized spacial score (nSPS) is 12.1. The second kappa shape index (κ2) is 5.14. The zero-order valence-corrected chi connectivity index (χ0v) is 10.2. The lowest BCUT2D eigenvalue weighted by Gasteiger charge is -2.16. The minimum atomic E-state index is -1.51. The van der Waals surface area contributed by atoms with E-state index in [1.54, 1.807) is 13.8 Å². The smallest absolute Gasteiger partial charge is 0.339 e. The van der Waals surface area contributed by atoms with Crippen molar-refractivity contribution in [1.29, 1.82) is 0 Å². The van der Waals surface area contributed by atoms with Crippen LogP contribution in [0, 0.1) is 19.7 Å². The molecule has 0 aliphatic heterocycles. The molecule has 0 amide bonds. The Morgan fingerprint density at radius 1 is 1.35 bits per heavy atom. The summed E-state index contributed by atoms with van der Waals surface area (Å²) in [6.45, 7) is 3.21. The average molecular weight is 242 g/mol. The van der Waals surface area contributed by atoms with Gasteiger partial charge in [0, 0.05) is 11.1 Å². The van der Waals surface area contributed by atoms with Gasteiger partial charge < -0.3 is 14.6 Å². The highest BCUT2D eigenvalue weighted by molar-refractivity contribution is 5.77. The Balaban J connectivity index is 3.35. The van der Waals surface area contributed by atoms with E-state index in [9.17, 15) is 14.3 Å². The summed E-state index contributed by atoms with van der Waals surface area (Å²) in [5.74, 6) is -1.05. The van der Waals surface area contributed by atoms with E-state index in [-0.39, 0.29) is 5.56 Å². The summed E-state index contributed by atoms with van der Waals surface area (Å²) in [7, 11) is 2.56. The molecule has 17 heavy (non-hydrogen) atoms. The van der Waals surface area contributed by atoms with Crippen LogP contribution in [-0.4, -0.2) is 25.3 Å². The molecule has 1 aromatic rings. The van der Waals surface area contributed by atoms with Gasteiger partial charge in [-0.05, 0) is 25.5 Å². The van der Waals surface area contributed by atoms with Crippen LogP contribution in [0.2, 0.25) is 0 Å². The summed E-state index contributed by atoms with van der Waals surface area (Å²) < 4.78 is 23.1. The SMILES string of the molecule is COC(=O)C(O)c1cc(F)c(C)c(OC)c1C. The molecule has 0 aliphatic carbocycles. The third kappa shape index (κ3) is 2.39. The number of halogens is 1. The lowest BCUT2D eigenvalue weighted by atomic mass is 9.99. The largest absolute Gasteiger partial charge is 0.496 e. The molecule has 1 atom stereocenters. The number of aliphatic hydroxyl groups is 1. The topological polar surface area (TPSA) is 55.8 Å². The van der Waals surface area contributed by atoms with E-state index < -0.39 is 17.9 Å². The van der Waals surface area contributed by atoms with Gasteiger partial charge in [-0.25, -0.2) is 9.18 Å². The molecular weight excluding hydrogens is 227 g/mol. The van der Waals surface area contributed by atoms with Crippen molar-refractivity contribution in [2.45, 2.75) is 20.0 Å². The van der Waals surface area contributed by atoms with Gasteiger partial charge in [0.1, 0.15) is 11.6 Å². The molecule has 94 valence electrons. The lowest BCUT2D eigenvalue weighted by Crippen LogP contribution is -2.15. The standard InChI is InChI=1S/C12H15FO4/c1-6-8(10(14)12(15)17-4)5-9(13)7(2)11(6)16-3/h5,10,14H,1-4H3. The van der Waals surface area contributed by atoms with Crippen LogP contribution in [0.25, 0.3) is 0 Å². The van der Waals surface area contributed by atoms with E-state index in [1.807, 2.05) is 0 Å². The lowest BCUT2D eigenvalue weighted by molar-refractivity contribution is -0.150. The molecular formula is C12H15FO4. The van der Waals surface area contributed by atoms with Gasteiger partial charge >= 0.3 is 5.97 Å². The first-order valence-corrected chi connectivity index (χ1v) is 5.03. The molecule has 5 heteroatoms. The number of hydrogen-bond acceptors (Lipinski definition) is 4. The molecule has 4 nitrogen and oxygen atoms in total. The number of carbonyl (C=O) groups is 1. The number of benzene rings is 1. The molecule has 1 unspecified atom stereocenters. The van der Waals surface area contributed by atoms with Crippen LogP contribution in [0.4, 0.5) is 4.39 Å². The third-order valence-corrected chi connectivity index (χ3v) is 2.68. The molecule has 0 aliphatic rings. The van der Waals surface area contributed by atoms with E-state index in [1.165, 1.54) is 7.11 Å². The maximum absolute atomic E-state index is 13.6. The van der Waals surface area contributed by atoms with E-state index in [0.717, 1.165) is 13.2 Å². The summed E-state index contributed by atoms with van der Waals surface area (Å²) >= 11 is 0. The van der Waals surface area contributed by atoms with Crippen LogP contribution in [0.3, 0.4) is 0 Å². The number of carbonyl (C=O) groups excluding carboxylic acids is 1. The fourth-order valence-electron chi connectivity index (χ4n) is 1.70. The van der Waals surface area contributed by atoms with E-state index >= 15 is 0 Å². The summed E-state index contributed by atoms with van der Waals surface area (Å²) in [6, 6.07) is 1.12. The third-order valence-electron chi connectivity index (χ3n) is 2.68. The van der Waals surface area contributed by atoms with Gasteiger partial charge in [-0.2, -0.15) is 0 Å². The predicted molar refractivity (Wildman–Crippen MR) is 59.4 cm³/mol. The number of esters is 1. The number of ether oxygens (including phenoxy) is 2. The van der Waals surface area contributed by atoms with Crippen molar-refractivity contribution in [2.75, 3.05) is 14.2 Å². The molecule has 0 bridgehead atoms. The van der Waals surface area contributed by atoms with Crippen molar-refractivity contribution in [3.63, 3.8) is 0 Å². The fourth-order valence-corrected chi connectivity index (χ4v) is 1.70. The van der Waals surface area contributed by atoms with Crippen LogP contribution in [0.5, 0.6) is 5.75 Å². The predicted octanol–water partition coefficient (Wildman–Crippen LogP) is 1.66. The Bertz CT molecular complexity index is 443. The van der Waals surface area contributed by atoms with Crippen molar-refractivity contribution < 1.29 is 23.8 Å². The van der Waals surface area contributed by atoms with E-state index in [2.05, 4.69) is 4.74 Å². The quantitative estimate of drug-likeness (QED) is 0.819. The minimum absolute atomic E-state index is 0.150. The van der Waals surface area contributed by atoms with Gasteiger partial charge in [-0.3, -0.25) is 0 Å². The van der Waals surface area contributed by atoms with Crippen LogP contribution in [0.15, 0.2) is 6.07 Å². The van der Waals surface area contributed by atoms with E-state index in [0.29, 0.717) is 16.9 Å². The summed E-state index contributed by atoms with van der Waals surface area (Å²) in [4.78, 5) is 11.2. The Morgan fingerprint density at radius 3 is 2.41 bits per heavy atom. The van der Waals surface area contributed by atoms with Crippen molar-refractivity contribution >= 4 is 5.97 Å². The van der Waals surface area contributed by atoms with Crippen LogP contribution in [0.1, 0.15) is 22.8 Å². The van der Waals surface area contributed by atoms with Crippen molar-refractivity contribution in [1.82, 2.24) is 0 Å². The summed E-state index contributed by atoms with van der Waals surface area (Å²) in [5, 5.41) is 9.71. The molecule has 0 aromatic heterocycles. The molecule has 0 saturated heterocycles. The van der Waals surface area contributed by atoms with Gasteiger partial charge in [0.25, 0.3) is 0 Å². The average Bonchev–Trinajstić information content (AvgIpc) is 2.32. The number of hydrogen-bond donors (Lipinski definition) is 1. The van der Waals surface area contributed by atoms with Gasteiger partial charge in [0.05, 0.1) is 14.2 Å². The summed E-state index contributed by atoms with van der Waals surface area (Å²) in [6.07, 6.45) is -1.51. The Labute approximate surface area is 99.0 Å². The molecule has 0 spiro atoms. The Kier molecular flexibility index (Phi) is 4.07.